The maximum absolute atomic E-state index is 11.7. The molecule has 0 fully saturated rings. The second kappa shape index (κ2) is 8.10. The van der Waals surface area contributed by atoms with Crippen LogP contribution in [0.5, 0.6) is 5.75 Å². The van der Waals surface area contributed by atoms with E-state index in [9.17, 15) is 15.2 Å². The SMILES string of the molecule is Br.COc1ccc(N2C3=[N+](CCCS3)CC2(O)c2ccc([N+](=O)[O-])cc2)cc1. The number of non-ortho nitro benzene ring substituents is 1. The van der Waals surface area contributed by atoms with Crippen molar-refractivity contribution in [2.24, 2.45) is 0 Å². The molecule has 2 aliphatic heterocycles. The van der Waals surface area contributed by atoms with E-state index >= 15 is 0 Å². The molecule has 0 radical (unpaired) electrons. The fraction of sp³-hybridized carbons (Fsp3) is 0.316. The van der Waals surface area contributed by atoms with Crippen molar-refractivity contribution in [3.63, 3.8) is 0 Å². The molecule has 0 spiro atoms. The van der Waals surface area contributed by atoms with Gasteiger partial charge < -0.3 is 9.84 Å². The number of nitrogens with zero attached hydrogens (tertiary/aromatic N) is 3. The van der Waals surface area contributed by atoms with E-state index in [0.717, 1.165) is 35.3 Å². The van der Waals surface area contributed by atoms with Gasteiger partial charge in [-0.25, -0.2) is 4.58 Å². The Morgan fingerprint density at radius 2 is 1.89 bits per heavy atom. The van der Waals surface area contributed by atoms with Gasteiger partial charge in [-0.2, -0.15) is 4.90 Å². The molecule has 2 aromatic carbocycles. The predicted molar refractivity (Wildman–Crippen MR) is 115 cm³/mol. The number of halogens is 1. The van der Waals surface area contributed by atoms with E-state index in [-0.39, 0.29) is 22.7 Å². The number of benzene rings is 2. The minimum atomic E-state index is -1.30. The predicted octanol–water partition coefficient (Wildman–Crippen LogP) is 3.35. The third kappa shape index (κ3) is 3.49. The number of amidine groups is 1. The molecule has 4 rings (SSSR count). The molecule has 2 aromatic rings. The maximum atomic E-state index is 11.7. The van der Waals surface area contributed by atoms with Crippen LogP contribution in [0.3, 0.4) is 0 Å². The first kappa shape index (κ1) is 20.6. The van der Waals surface area contributed by atoms with Gasteiger partial charge in [0.15, 0.2) is 6.54 Å². The number of rotatable bonds is 4. The quantitative estimate of drug-likeness (QED) is 0.422. The van der Waals surface area contributed by atoms with Crippen LogP contribution in [-0.4, -0.2) is 45.7 Å². The van der Waals surface area contributed by atoms with Crippen LogP contribution in [0.2, 0.25) is 0 Å². The number of thioether (sulfide) groups is 1. The first-order chi connectivity index (χ1) is 13.0. The van der Waals surface area contributed by atoms with Crippen molar-refractivity contribution in [2.75, 3.05) is 30.9 Å². The highest BCUT2D eigenvalue weighted by molar-refractivity contribution is 8.93. The summed E-state index contributed by atoms with van der Waals surface area (Å²) in [5.41, 5.74) is 0.196. The van der Waals surface area contributed by atoms with Crippen LogP contribution in [0.4, 0.5) is 11.4 Å². The van der Waals surface area contributed by atoms with Gasteiger partial charge in [-0.1, -0.05) is 0 Å². The van der Waals surface area contributed by atoms with Crippen LogP contribution >= 0.6 is 28.7 Å². The van der Waals surface area contributed by atoms with Crippen molar-refractivity contribution in [3.05, 3.63) is 64.2 Å². The lowest BCUT2D eigenvalue weighted by atomic mass is 10.0. The maximum Gasteiger partial charge on any atom is 0.316 e. The molecule has 1 atom stereocenters. The van der Waals surface area contributed by atoms with Crippen molar-refractivity contribution < 1.29 is 19.3 Å². The largest absolute Gasteiger partial charge is 0.497 e. The Hall–Kier alpha value is -2.10. The van der Waals surface area contributed by atoms with Crippen LogP contribution in [-0.2, 0) is 5.72 Å². The third-order valence-electron chi connectivity index (χ3n) is 4.92. The monoisotopic (exact) mass is 466 g/mol. The van der Waals surface area contributed by atoms with Gasteiger partial charge in [0.1, 0.15) is 11.4 Å². The molecular weight excluding hydrogens is 446 g/mol. The van der Waals surface area contributed by atoms with Gasteiger partial charge in [-0.15, -0.1) is 17.0 Å². The third-order valence-corrected chi connectivity index (χ3v) is 6.11. The molecule has 0 saturated heterocycles. The fourth-order valence-corrected chi connectivity index (χ4v) is 4.76. The Bertz CT molecular complexity index is 904. The fourth-order valence-electron chi connectivity index (χ4n) is 3.58. The molecule has 7 nitrogen and oxygen atoms in total. The zero-order chi connectivity index (χ0) is 19.0. The summed E-state index contributed by atoms with van der Waals surface area (Å²) in [4.78, 5) is 12.5. The van der Waals surface area contributed by atoms with Gasteiger partial charge in [0.25, 0.3) is 11.4 Å². The first-order valence-corrected chi connectivity index (χ1v) is 9.68. The van der Waals surface area contributed by atoms with Crippen LogP contribution in [0.1, 0.15) is 12.0 Å². The van der Waals surface area contributed by atoms with E-state index in [0.29, 0.717) is 12.1 Å². The van der Waals surface area contributed by atoms with Crippen molar-refractivity contribution in [1.82, 2.24) is 0 Å². The lowest BCUT2D eigenvalue weighted by molar-refractivity contribution is -0.532. The summed E-state index contributed by atoms with van der Waals surface area (Å²) in [6, 6.07) is 13.7. The number of nitro benzene ring substituents is 1. The Labute approximate surface area is 177 Å². The van der Waals surface area contributed by atoms with E-state index in [1.54, 1.807) is 31.0 Å². The van der Waals surface area contributed by atoms with Gasteiger partial charge >= 0.3 is 5.17 Å². The number of aliphatic hydroxyl groups is 1. The van der Waals surface area contributed by atoms with E-state index in [1.165, 1.54) is 12.1 Å². The Kier molecular flexibility index (Phi) is 5.97. The normalized spacial score (nSPS) is 21.1. The highest BCUT2D eigenvalue weighted by Gasteiger charge is 2.55. The average Bonchev–Trinajstić information content (AvgIpc) is 3.01. The molecule has 0 amide bonds. The van der Waals surface area contributed by atoms with Gasteiger partial charge in [-0.05, 0) is 54.6 Å². The van der Waals surface area contributed by atoms with Crippen LogP contribution in [0, 0.1) is 10.1 Å². The van der Waals surface area contributed by atoms with Crippen molar-refractivity contribution in [3.8, 4) is 5.75 Å². The molecule has 2 aliphatic rings. The Morgan fingerprint density at radius 1 is 1.21 bits per heavy atom. The minimum absolute atomic E-state index is 0. The minimum Gasteiger partial charge on any atom is -0.497 e. The molecule has 1 N–H and O–H groups in total. The summed E-state index contributed by atoms with van der Waals surface area (Å²) in [6.45, 7) is 1.30. The van der Waals surface area contributed by atoms with Gasteiger partial charge in [-0.3, -0.25) is 10.1 Å². The van der Waals surface area contributed by atoms with Crippen molar-refractivity contribution in [1.29, 1.82) is 0 Å². The number of hydrogen-bond donors (Lipinski definition) is 1. The van der Waals surface area contributed by atoms with Gasteiger partial charge in [0, 0.05) is 23.4 Å². The second-order valence-corrected chi connectivity index (χ2v) is 7.62. The molecule has 1 unspecified atom stereocenters. The number of nitro groups is 1. The summed E-state index contributed by atoms with van der Waals surface area (Å²) in [6.07, 6.45) is 1.06. The summed E-state index contributed by atoms with van der Waals surface area (Å²) in [5, 5.41) is 23.7. The lowest BCUT2D eigenvalue weighted by Crippen LogP contribution is -2.46. The molecule has 0 aliphatic carbocycles. The number of hydrogen-bond acceptors (Lipinski definition) is 6. The summed E-state index contributed by atoms with van der Waals surface area (Å²) in [7, 11) is 1.62. The van der Waals surface area contributed by atoms with E-state index < -0.39 is 10.6 Å². The van der Waals surface area contributed by atoms with Crippen molar-refractivity contribution in [2.45, 2.75) is 12.1 Å². The lowest BCUT2D eigenvalue weighted by Gasteiger charge is -2.28. The van der Waals surface area contributed by atoms with Gasteiger partial charge in [0.05, 0.1) is 18.6 Å². The van der Waals surface area contributed by atoms with Crippen molar-refractivity contribution >= 4 is 45.3 Å². The van der Waals surface area contributed by atoms with E-state index in [2.05, 4.69) is 4.58 Å². The molecule has 9 heteroatoms. The second-order valence-electron chi connectivity index (χ2n) is 6.56. The topological polar surface area (TPSA) is 78.8 Å². The smallest absolute Gasteiger partial charge is 0.316 e. The van der Waals surface area contributed by atoms with E-state index in [4.69, 9.17) is 4.74 Å². The summed E-state index contributed by atoms with van der Waals surface area (Å²) >= 11 is 1.72. The van der Waals surface area contributed by atoms with Gasteiger partial charge in [0.2, 0.25) is 0 Å². The average molecular weight is 467 g/mol. The number of methoxy groups -OCH3 is 1. The zero-order valence-electron chi connectivity index (χ0n) is 15.3. The van der Waals surface area contributed by atoms with Crippen LogP contribution in [0.15, 0.2) is 48.5 Å². The molecule has 0 saturated carbocycles. The highest BCUT2D eigenvalue weighted by Crippen LogP contribution is 2.40. The highest BCUT2D eigenvalue weighted by atomic mass is 79.9. The molecule has 148 valence electrons. The van der Waals surface area contributed by atoms with E-state index in [1.807, 2.05) is 29.2 Å². The molecule has 0 aromatic heterocycles. The molecule has 28 heavy (non-hydrogen) atoms. The van der Waals surface area contributed by atoms with Crippen LogP contribution < -0.4 is 9.64 Å². The number of anilines is 1. The summed E-state index contributed by atoms with van der Waals surface area (Å²) in [5.74, 6) is 1.74. The first-order valence-electron chi connectivity index (χ1n) is 8.69. The molecular formula is C19H21BrN3O4S+. The molecule has 2 heterocycles. The summed E-state index contributed by atoms with van der Waals surface area (Å²) < 4.78 is 7.42. The molecule has 0 bridgehead atoms. The van der Waals surface area contributed by atoms with Crippen LogP contribution in [0.25, 0.3) is 0 Å². The Balaban J connectivity index is 0.00000225. The number of ether oxygens (including phenoxy) is 1. The Morgan fingerprint density at radius 3 is 2.50 bits per heavy atom. The standard InChI is InChI=1S/C19H20N3O4S.BrH/c1-26-17-9-7-15(8-10-17)21-18-20(11-2-12-27-18)13-19(21,23)14-3-5-16(6-4-14)22(24)25;/h3-10,23H,2,11-13H2,1H3;1H/q+1;. The zero-order valence-corrected chi connectivity index (χ0v) is 17.8.